The van der Waals surface area contributed by atoms with Gasteiger partial charge in [-0.05, 0) is 18.6 Å². The predicted octanol–water partition coefficient (Wildman–Crippen LogP) is 3.49. The molecule has 0 radical (unpaired) electrons. The molecule has 0 amide bonds. The Morgan fingerprint density at radius 2 is 1.94 bits per heavy atom. The van der Waals surface area contributed by atoms with Crippen molar-refractivity contribution in [3.05, 3.63) is 53.2 Å². The summed E-state index contributed by atoms with van der Waals surface area (Å²) in [4.78, 5) is 4.17. The first-order valence-electron chi connectivity index (χ1n) is 5.39. The highest BCUT2D eigenvalue weighted by atomic mass is 35.5. The zero-order valence-electron chi connectivity index (χ0n) is 9.52. The van der Waals surface area contributed by atoms with Crippen LogP contribution in [0, 0.1) is 0 Å². The molecule has 0 fully saturated rings. The highest BCUT2D eigenvalue weighted by molar-refractivity contribution is 6.29. The fraction of sp³-hybridized carbons (Fsp3) is 0.154. The molecule has 2 aromatic rings. The maximum atomic E-state index is 5.85. The number of nitrogen functional groups attached to an aromatic ring is 1. The third kappa shape index (κ3) is 3.11. The Balaban J connectivity index is 2.16. The van der Waals surface area contributed by atoms with Crippen molar-refractivity contribution in [1.29, 1.82) is 0 Å². The van der Waals surface area contributed by atoms with Crippen molar-refractivity contribution in [3.63, 3.8) is 0 Å². The number of benzene rings is 1. The molecule has 0 aliphatic carbocycles. The van der Waals surface area contributed by atoms with Crippen LogP contribution in [0.1, 0.15) is 18.5 Å². The quantitative estimate of drug-likeness (QED) is 0.817. The first-order chi connectivity index (χ1) is 8.15. The molecule has 1 heterocycles. The molecule has 1 aromatic carbocycles. The molecular weight excluding hydrogens is 234 g/mol. The Morgan fingerprint density at radius 1 is 1.24 bits per heavy atom. The zero-order valence-corrected chi connectivity index (χ0v) is 10.3. The molecule has 2 rings (SSSR count). The standard InChI is InChI=1S/C13H14ClN3/c1-9(10-5-3-2-4-6-10)16-13-8-11(15)7-12(14)17-13/h2-9H,1H3,(H3,15,16,17). The van der Waals surface area contributed by atoms with E-state index in [0.717, 1.165) is 0 Å². The lowest BCUT2D eigenvalue weighted by molar-refractivity contribution is 0.875. The molecule has 1 unspecified atom stereocenters. The van der Waals surface area contributed by atoms with Crippen LogP contribution in [0.15, 0.2) is 42.5 Å². The number of nitrogens with two attached hydrogens (primary N) is 1. The van der Waals surface area contributed by atoms with Gasteiger partial charge in [0.1, 0.15) is 11.0 Å². The van der Waals surface area contributed by atoms with E-state index >= 15 is 0 Å². The van der Waals surface area contributed by atoms with Crippen molar-refractivity contribution >= 4 is 23.1 Å². The predicted molar refractivity (Wildman–Crippen MR) is 72.1 cm³/mol. The molecule has 1 atom stereocenters. The second-order valence-electron chi connectivity index (χ2n) is 3.89. The summed E-state index contributed by atoms with van der Waals surface area (Å²) in [6.07, 6.45) is 0. The van der Waals surface area contributed by atoms with E-state index in [2.05, 4.69) is 29.4 Å². The summed E-state index contributed by atoms with van der Waals surface area (Å²) in [5, 5.41) is 3.66. The normalized spacial score (nSPS) is 12.1. The van der Waals surface area contributed by atoms with Gasteiger partial charge in [-0.2, -0.15) is 0 Å². The minimum Gasteiger partial charge on any atom is -0.399 e. The van der Waals surface area contributed by atoms with E-state index in [0.29, 0.717) is 16.7 Å². The summed E-state index contributed by atoms with van der Waals surface area (Å²) < 4.78 is 0. The minimum atomic E-state index is 0.154. The maximum Gasteiger partial charge on any atom is 0.133 e. The molecule has 3 nitrogen and oxygen atoms in total. The summed E-state index contributed by atoms with van der Waals surface area (Å²) in [5.74, 6) is 0.686. The molecule has 0 saturated heterocycles. The van der Waals surface area contributed by atoms with E-state index in [1.165, 1.54) is 5.56 Å². The van der Waals surface area contributed by atoms with E-state index in [9.17, 15) is 0 Å². The highest BCUT2D eigenvalue weighted by Crippen LogP contribution is 2.21. The topological polar surface area (TPSA) is 50.9 Å². The Bertz CT molecular complexity index is 479. The van der Waals surface area contributed by atoms with Gasteiger partial charge in [0.2, 0.25) is 0 Å². The van der Waals surface area contributed by atoms with Crippen LogP contribution >= 0.6 is 11.6 Å². The van der Waals surface area contributed by atoms with Crippen molar-refractivity contribution in [2.45, 2.75) is 13.0 Å². The van der Waals surface area contributed by atoms with Crippen molar-refractivity contribution in [2.75, 3.05) is 11.1 Å². The molecule has 0 spiro atoms. The molecule has 0 aliphatic rings. The van der Waals surface area contributed by atoms with Crippen LogP contribution < -0.4 is 11.1 Å². The Labute approximate surface area is 106 Å². The molecule has 88 valence electrons. The second-order valence-corrected chi connectivity index (χ2v) is 4.27. The van der Waals surface area contributed by atoms with Gasteiger partial charge in [-0.1, -0.05) is 41.9 Å². The van der Waals surface area contributed by atoms with Crippen LogP contribution in [0.5, 0.6) is 0 Å². The van der Waals surface area contributed by atoms with E-state index in [1.54, 1.807) is 12.1 Å². The van der Waals surface area contributed by atoms with Crippen LogP contribution in [-0.2, 0) is 0 Å². The SMILES string of the molecule is CC(Nc1cc(N)cc(Cl)n1)c1ccccc1. The van der Waals surface area contributed by atoms with Gasteiger partial charge in [-0.3, -0.25) is 0 Å². The van der Waals surface area contributed by atoms with E-state index in [1.807, 2.05) is 18.2 Å². The maximum absolute atomic E-state index is 5.85. The van der Waals surface area contributed by atoms with Gasteiger partial charge < -0.3 is 11.1 Å². The van der Waals surface area contributed by atoms with Crippen LogP contribution in [0.3, 0.4) is 0 Å². The third-order valence-electron chi connectivity index (χ3n) is 2.48. The number of nitrogens with one attached hydrogen (secondary N) is 1. The Morgan fingerprint density at radius 3 is 2.59 bits per heavy atom. The number of aromatic nitrogens is 1. The summed E-state index contributed by atoms with van der Waals surface area (Å²) in [5.41, 5.74) is 7.50. The first-order valence-corrected chi connectivity index (χ1v) is 5.77. The van der Waals surface area contributed by atoms with Crippen LogP contribution in [-0.4, -0.2) is 4.98 Å². The van der Waals surface area contributed by atoms with Gasteiger partial charge in [-0.15, -0.1) is 0 Å². The van der Waals surface area contributed by atoms with Gasteiger partial charge in [-0.25, -0.2) is 4.98 Å². The molecular formula is C13H14ClN3. The van der Waals surface area contributed by atoms with Gasteiger partial charge in [0.25, 0.3) is 0 Å². The molecule has 0 saturated carbocycles. The molecule has 1 aromatic heterocycles. The highest BCUT2D eigenvalue weighted by Gasteiger charge is 2.06. The Hall–Kier alpha value is -1.74. The van der Waals surface area contributed by atoms with Crippen LogP contribution in [0.4, 0.5) is 11.5 Å². The lowest BCUT2D eigenvalue weighted by Gasteiger charge is -2.15. The van der Waals surface area contributed by atoms with Gasteiger partial charge in [0, 0.05) is 17.8 Å². The average molecular weight is 248 g/mol. The van der Waals surface area contributed by atoms with E-state index in [4.69, 9.17) is 17.3 Å². The summed E-state index contributed by atoms with van der Waals surface area (Å²) in [7, 11) is 0. The van der Waals surface area contributed by atoms with E-state index in [-0.39, 0.29) is 6.04 Å². The smallest absolute Gasteiger partial charge is 0.133 e. The van der Waals surface area contributed by atoms with Gasteiger partial charge in [0.15, 0.2) is 0 Å². The van der Waals surface area contributed by atoms with Crippen molar-refractivity contribution in [2.24, 2.45) is 0 Å². The Kier molecular flexibility index (Phi) is 3.49. The lowest BCUT2D eigenvalue weighted by Crippen LogP contribution is -2.08. The molecule has 3 N–H and O–H groups in total. The summed E-state index contributed by atoms with van der Waals surface area (Å²) >= 11 is 5.85. The number of anilines is 2. The first kappa shape index (κ1) is 11.7. The van der Waals surface area contributed by atoms with Gasteiger partial charge in [0.05, 0.1) is 0 Å². The third-order valence-corrected chi connectivity index (χ3v) is 2.67. The molecule has 4 heteroatoms. The van der Waals surface area contributed by atoms with Crippen LogP contribution in [0.25, 0.3) is 0 Å². The fourth-order valence-electron chi connectivity index (χ4n) is 1.64. The van der Waals surface area contributed by atoms with Gasteiger partial charge >= 0.3 is 0 Å². The second kappa shape index (κ2) is 5.06. The number of halogens is 1. The number of hydrogen-bond acceptors (Lipinski definition) is 3. The number of hydrogen-bond donors (Lipinski definition) is 2. The zero-order chi connectivity index (χ0) is 12.3. The average Bonchev–Trinajstić information content (AvgIpc) is 2.28. The summed E-state index contributed by atoms with van der Waals surface area (Å²) in [6, 6.07) is 13.7. The van der Waals surface area contributed by atoms with E-state index < -0.39 is 0 Å². The lowest BCUT2D eigenvalue weighted by atomic mass is 10.1. The minimum absolute atomic E-state index is 0.154. The number of pyridine rings is 1. The number of rotatable bonds is 3. The van der Waals surface area contributed by atoms with Crippen molar-refractivity contribution in [1.82, 2.24) is 4.98 Å². The summed E-state index contributed by atoms with van der Waals surface area (Å²) in [6.45, 7) is 2.06. The number of nitrogens with zero attached hydrogens (tertiary/aromatic N) is 1. The molecule has 17 heavy (non-hydrogen) atoms. The van der Waals surface area contributed by atoms with Crippen molar-refractivity contribution < 1.29 is 0 Å². The fourth-order valence-corrected chi connectivity index (χ4v) is 1.85. The van der Waals surface area contributed by atoms with Crippen molar-refractivity contribution in [3.8, 4) is 0 Å². The largest absolute Gasteiger partial charge is 0.399 e. The molecule has 0 bridgehead atoms. The molecule has 0 aliphatic heterocycles. The van der Waals surface area contributed by atoms with Crippen LogP contribution in [0.2, 0.25) is 5.15 Å². The monoisotopic (exact) mass is 247 g/mol.